The van der Waals surface area contributed by atoms with Crippen molar-refractivity contribution >= 4 is 28.3 Å². The molecule has 0 aromatic carbocycles. The first-order valence-corrected chi connectivity index (χ1v) is 9.00. The zero-order chi connectivity index (χ0) is 15.4. The van der Waals surface area contributed by atoms with E-state index < -0.39 is 0 Å². The SMILES string of the molecule is O=C(Nc1cccs1)N1CCCC(C(=O)N2CCCCC2)C1. The van der Waals surface area contributed by atoms with E-state index in [1.54, 1.807) is 4.90 Å². The van der Waals surface area contributed by atoms with Crippen LogP contribution in [0.15, 0.2) is 17.5 Å². The molecule has 3 amide bonds. The summed E-state index contributed by atoms with van der Waals surface area (Å²) in [4.78, 5) is 28.7. The third kappa shape index (κ3) is 3.61. The highest BCUT2D eigenvalue weighted by Crippen LogP contribution is 2.22. The fraction of sp³-hybridized carbons (Fsp3) is 0.625. The Labute approximate surface area is 135 Å². The molecule has 2 fully saturated rings. The third-order valence-corrected chi connectivity index (χ3v) is 5.26. The summed E-state index contributed by atoms with van der Waals surface area (Å²) in [7, 11) is 0. The number of anilines is 1. The Kier molecular flexibility index (Phi) is 4.97. The lowest BCUT2D eigenvalue weighted by molar-refractivity contribution is -0.137. The Morgan fingerprint density at radius 3 is 2.59 bits per heavy atom. The molecule has 1 atom stereocenters. The van der Waals surface area contributed by atoms with Crippen molar-refractivity contribution in [1.29, 1.82) is 0 Å². The number of nitrogens with zero attached hydrogens (tertiary/aromatic N) is 2. The quantitative estimate of drug-likeness (QED) is 0.910. The van der Waals surface area contributed by atoms with Crippen molar-refractivity contribution in [3.63, 3.8) is 0 Å². The Balaban J connectivity index is 1.56. The largest absolute Gasteiger partial charge is 0.342 e. The van der Waals surface area contributed by atoms with Crippen molar-refractivity contribution in [3.8, 4) is 0 Å². The molecule has 2 aliphatic rings. The van der Waals surface area contributed by atoms with Crippen LogP contribution in [0.1, 0.15) is 32.1 Å². The Hall–Kier alpha value is -1.56. The molecule has 2 saturated heterocycles. The zero-order valence-corrected chi connectivity index (χ0v) is 13.6. The summed E-state index contributed by atoms with van der Waals surface area (Å²) in [5.74, 6) is 0.217. The summed E-state index contributed by atoms with van der Waals surface area (Å²) in [6.07, 6.45) is 5.26. The summed E-state index contributed by atoms with van der Waals surface area (Å²) < 4.78 is 0. The molecule has 5 nitrogen and oxygen atoms in total. The first kappa shape index (κ1) is 15.3. The molecule has 1 unspecified atom stereocenters. The molecule has 0 saturated carbocycles. The first-order chi connectivity index (χ1) is 10.7. The molecule has 6 heteroatoms. The van der Waals surface area contributed by atoms with Crippen LogP contribution in [-0.2, 0) is 4.79 Å². The molecule has 1 N–H and O–H groups in total. The molecule has 2 aliphatic heterocycles. The summed E-state index contributed by atoms with van der Waals surface area (Å²) in [5, 5.41) is 5.71. The first-order valence-electron chi connectivity index (χ1n) is 8.12. The van der Waals surface area contributed by atoms with Crippen molar-refractivity contribution in [1.82, 2.24) is 9.80 Å². The van der Waals surface area contributed by atoms with Gasteiger partial charge in [-0.3, -0.25) is 10.1 Å². The van der Waals surface area contributed by atoms with Crippen LogP contribution in [0, 0.1) is 5.92 Å². The molecule has 0 radical (unpaired) electrons. The average molecular weight is 321 g/mol. The van der Waals surface area contributed by atoms with Crippen molar-refractivity contribution < 1.29 is 9.59 Å². The van der Waals surface area contributed by atoms with E-state index in [0.29, 0.717) is 6.54 Å². The zero-order valence-electron chi connectivity index (χ0n) is 12.8. The summed E-state index contributed by atoms with van der Waals surface area (Å²) in [6, 6.07) is 3.72. The van der Waals surface area contributed by atoms with Crippen LogP contribution >= 0.6 is 11.3 Å². The van der Waals surface area contributed by atoms with Gasteiger partial charge in [0.05, 0.1) is 10.9 Å². The van der Waals surface area contributed by atoms with Crippen LogP contribution in [0.25, 0.3) is 0 Å². The topological polar surface area (TPSA) is 52.7 Å². The van der Waals surface area contributed by atoms with Gasteiger partial charge in [-0.15, -0.1) is 11.3 Å². The van der Waals surface area contributed by atoms with E-state index >= 15 is 0 Å². The second-order valence-corrected chi connectivity index (χ2v) is 7.03. The number of amides is 3. The Morgan fingerprint density at radius 1 is 1.09 bits per heavy atom. The molecule has 22 heavy (non-hydrogen) atoms. The Bertz CT molecular complexity index is 511. The standard InChI is InChI=1S/C16H23N3O2S/c20-15(18-8-2-1-3-9-18)13-6-4-10-19(12-13)16(21)17-14-7-5-11-22-14/h5,7,11,13H,1-4,6,8-10,12H2,(H,17,21). The number of carbonyl (C=O) groups is 2. The van der Waals surface area contributed by atoms with Gasteiger partial charge in [-0.05, 0) is 49.6 Å². The van der Waals surface area contributed by atoms with Crippen molar-refractivity contribution in [2.45, 2.75) is 32.1 Å². The molecule has 1 aromatic heterocycles. The molecule has 0 bridgehead atoms. The van der Waals surface area contributed by atoms with E-state index in [1.807, 2.05) is 22.4 Å². The van der Waals surface area contributed by atoms with Crippen LogP contribution in [0.3, 0.4) is 0 Å². The molecule has 3 rings (SSSR count). The lowest BCUT2D eigenvalue weighted by Gasteiger charge is -2.36. The van der Waals surface area contributed by atoms with Gasteiger partial charge in [-0.1, -0.05) is 0 Å². The van der Waals surface area contributed by atoms with Gasteiger partial charge < -0.3 is 9.80 Å². The predicted octanol–water partition coefficient (Wildman–Crippen LogP) is 3.00. The number of hydrogen-bond donors (Lipinski definition) is 1. The highest BCUT2D eigenvalue weighted by Gasteiger charge is 2.31. The maximum Gasteiger partial charge on any atom is 0.322 e. The number of urea groups is 1. The highest BCUT2D eigenvalue weighted by molar-refractivity contribution is 7.14. The Morgan fingerprint density at radius 2 is 1.86 bits per heavy atom. The monoisotopic (exact) mass is 321 g/mol. The van der Waals surface area contributed by atoms with E-state index in [1.165, 1.54) is 17.8 Å². The maximum absolute atomic E-state index is 12.6. The lowest BCUT2D eigenvalue weighted by atomic mass is 9.95. The summed E-state index contributed by atoms with van der Waals surface area (Å²) >= 11 is 1.51. The number of thiophene rings is 1. The molecular formula is C16H23N3O2S. The van der Waals surface area contributed by atoms with Gasteiger partial charge in [-0.25, -0.2) is 4.79 Å². The minimum Gasteiger partial charge on any atom is -0.342 e. The molecular weight excluding hydrogens is 298 g/mol. The molecule has 3 heterocycles. The van der Waals surface area contributed by atoms with Gasteiger partial charge in [-0.2, -0.15) is 0 Å². The van der Waals surface area contributed by atoms with E-state index in [2.05, 4.69) is 5.32 Å². The molecule has 0 spiro atoms. The second-order valence-electron chi connectivity index (χ2n) is 6.08. The maximum atomic E-state index is 12.6. The smallest absolute Gasteiger partial charge is 0.322 e. The van der Waals surface area contributed by atoms with E-state index in [9.17, 15) is 9.59 Å². The number of piperidine rings is 2. The second kappa shape index (κ2) is 7.13. The summed E-state index contributed by atoms with van der Waals surface area (Å²) in [5.41, 5.74) is 0. The van der Waals surface area contributed by atoms with Gasteiger partial charge in [0.25, 0.3) is 0 Å². The number of likely N-dealkylation sites (tertiary alicyclic amines) is 2. The normalized spacial score (nSPS) is 22.5. The molecule has 1 aromatic rings. The van der Waals surface area contributed by atoms with E-state index in [4.69, 9.17) is 0 Å². The van der Waals surface area contributed by atoms with Crippen LogP contribution in [0.2, 0.25) is 0 Å². The predicted molar refractivity (Wildman–Crippen MR) is 88.1 cm³/mol. The van der Waals surface area contributed by atoms with E-state index in [0.717, 1.165) is 50.3 Å². The van der Waals surface area contributed by atoms with Crippen LogP contribution in [0.4, 0.5) is 9.80 Å². The number of carbonyl (C=O) groups excluding carboxylic acids is 2. The minimum absolute atomic E-state index is 0.0269. The van der Waals surface area contributed by atoms with Crippen LogP contribution < -0.4 is 5.32 Å². The highest BCUT2D eigenvalue weighted by atomic mass is 32.1. The van der Waals surface area contributed by atoms with Gasteiger partial charge in [0.15, 0.2) is 0 Å². The number of nitrogens with one attached hydrogen (secondary N) is 1. The third-order valence-electron chi connectivity index (χ3n) is 4.48. The average Bonchev–Trinajstić information content (AvgIpc) is 3.08. The fourth-order valence-corrected chi connectivity index (χ4v) is 3.88. The van der Waals surface area contributed by atoms with Gasteiger partial charge >= 0.3 is 6.03 Å². The van der Waals surface area contributed by atoms with Gasteiger partial charge in [0.1, 0.15) is 0 Å². The van der Waals surface area contributed by atoms with Gasteiger partial charge in [0, 0.05) is 26.2 Å². The van der Waals surface area contributed by atoms with Crippen LogP contribution in [0.5, 0.6) is 0 Å². The van der Waals surface area contributed by atoms with Crippen LogP contribution in [-0.4, -0.2) is 47.9 Å². The number of rotatable bonds is 2. The minimum atomic E-state index is -0.0846. The lowest BCUT2D eigenvalue weighted by Crippen LogP contribution is -2.48. The van der Waals surface area contributed by atoms with Crippen molar-refractivity contribution in [3.05, 3.63) is 17.5 Å². The van der Waals surface area contributed by atoms with Crippen molar-refractivity contribution in [2.24, 2.45) is 5.92 Å². The van der Waals surface area contributed by atoms with Gasteiger partial charge in [0.2, 0.25) is 5.91 Å². The summed E-state index contributed by atoms with van der Waals surface area (Å²) in [6.45, 7) is 3.06. The number of hydrogen-bond acceptors (Lipinski definition) is 3. The van der Waals surface area contributed by atoms with E-state index in [-0.39, 0.29) is 17.9 Å². The fourth-order valence-electron chi connectivity index (χ4n) is 3.27. The molecule has 0 aliphatic carbocycles. The molecule has 120 valence electrons. The van der Waals surface area contributed by atoms with Crippen molar-refractivity contribution in [2.75, 3.05) is 31.5 Å².